The molecule has 0 spiro atoms. The summed E-state index contributed by atoms with van der Waals surface area (Å²) >= 11 is 0. The Balaban J connectivity index is 1.20. The van der Waals surface area contributed by atoms with E-state index in [4.69, 9.17) is 0 Å². The molecule has 5 aliphatic carbocycles. The minimum atomic E-state index is 0.477. The van der Waals surface area contributed by atoms with Crippen molar-refractivity contribution in [3.05, 3.63) is 131 Å². The molecule has 0 saturated carbocycles. The minimum absolute atomic E-state index is 0.477. The van der Waals surface area contributed by atoms with E-state index in [1.807, 2.05) is 0 Å². The molecule has 1 saturated heterocycles. The van der Waals surface area contributed by atoms with Crippen LogP contribution in [0.1, 0.15) is 55.2 Å². The minimum Gasteiger partial charge on any atom is -0.286 e. The summed E-state index contributed by atoms with van der Waals surface area (Å²) in [4.78, 5) is 2.99. The largest absolute Gasteiger partial charge is 0.286 e. The van der Waals surface area contributed by atoms with Crippen molar-refractivity contribution in [2.45, 2.75) is 63.1 Å². The van der Waals surface area contributed by atoms with Crippen molar-refractivity contribution >= 4 is 11.1 Å². The molecule has 0 amide bonds. The number of likely N-dealkylation sites (tertiary alicyclic amines) is 1. The van der Waals surface area contributed by atoms with Crippen LogP contribution in [-0.2, 0) is 6.42 Å². The first-order valence-corrected chi connectivity index (χ1v) is 14.9. The van der Waals surface area contributed by atoms with Crippen molar-refractivity contribution in [3.63, 3.8) is 0 Å². The van der Waals surface area contributed by atoms with E-state index in [0.717, 1.165) is 12.8 Å². The Bertz CT molecular complexity index is 1430. The second-order valence-electron chi connectivity index (χ2n) is 12.2. The van der Waals surface area contributed by atoms with Gasteiger partial charge in [0.1, 0.15) is 0 Å². The molecular formula is C37H37N. The van der Waals surface area contributed by atoms with Crippen molar-refractivity contribution in [2.75, 3.05) is 0 Å². The van der Waals surface area contributed by atoms with Crippen molar-refractivity contribution in [3.8, 4) is 0 Å². The number of fused-ring (bicyclic) bond motifs is 6. The molecule has 0 radical (unpaired) electrons. The van der Waals surface area contributed by atoms with Gasteiger partial charge in [-0.15, -0.1) is 0 Å². The molecule has 1 heteroatoms. The number of rotatable bonds is 3. The summed E-state index contributed by atoms with van der Waals surface area (Å²) in [5, 5.41) is 0. The summed E-state index contributed by atoms with van der Waals surface area (Å²) in [7, 11) is 0. The number of nitrogens with zero attached hydrogens (tertiary/aromatic N) is 1. The molecule has 2 aromatic rings. The molecule has 2 aromatic carbocycles. The summed E-state index contributed by atoms with van der Waals surface area (Å²) in [6, 6.07) is 22.0. The lowest BCUT2D eigenvalue weighted by Crippen LogP contribution is -2.47. The molecule has 1 aliphatic heterocycles. The highest BCUT2D eigenvalue weighted by Crippen LogP contribution is 2.55. The van der Waals surface area contributed by atoms with E-state index in [1.54, 1.807) is 33.4 Å². The van der Waals surface area contributed by atoms with Crippen LogP contribution in [-0.4, -0.2) is 23.0 Å². The Labute approximate surface area is 227 Å². The van der Waals surface area contributed by atoms with E-state index in [2.05, 4.69) is 108 Å². The van der Waals surface area contributed by atoms with E-state index >= 15 is 0 Å². The van der Waals surface area contributed by atoms with Crippen molar-refractivity contribution in [1.82, 2.24) is 4.90 Å². The molecule has 1 heterocycles. The average molecular weight is 496 g/mol. The van der Waals surface area contributed by atoms with Gasteiger partial charge in [0.25, 0.3) is 0 Å². The smallest absolute Gasteiger partial charge is 0.0359 e. The molecule has 6 atom stereocenters. The van der Waals surface area contributed by atoms with Crippen LogP contribution in [0.15, 0.2) is 114 Å². The second-order valence-corrected chi connectivity index (χ2v) is 12.2. The first kappa shape index (κ1) is 22.8. The Hall–Kier alpha value is -3.16. The van der Waals surface area contributed by atoms with Crippen LogP contribution in [0.4, 0.5) is 0 Å². The molecule has 1 nitrogen and oxygen atoms in total. The van der Waals surface area contributed by atoms with Crippen LogP contribution < -0.4 is 0 Å². The van der Waals surface area contributed by atoms with Gasteiger partial charge >= 0.3 is 0 Å². The number of allylic oxidation sites excluding steroid dienone is 8. The lowest BCUT2D eigenvalue weighted by Gasteiger charge is -2.42. The van der Waals surface area contributed by atoms with Crippen LogP contribution in [0, 0.1) is 17.8 Å². The fourth-order valence-corrected chi connectivity index (χ4v) is 8.80. The molecule has 0 bridgehead atoms. The Kier molecular flexibility index (Phi) is 5.54. The molecule has 1 fully saturated rings. The Morgan fingerprint density at radius 2 is 1.74 bits per heavy atom. The highest BCUT2D eigenvalue weighted by Gasteiger charge is 2.53. The van der Waals surface area contributed by atoms with Gasteiger partial charge in [0.05, 0.1) is 0 Å². The third kappa shape index (κ3) is 3.62. The first-order chi connectivity index (χ1) is 18.8. The van der Waals surface area contributed by atoms with Crippen LogP contribution in [0.25, 0.3) is 11.1 Å². The zero-order chi connectivity index (χ0) is 25.1. The summed E-state index contributed by atoms with van der Waals surface area (Å²) in [5.41, 5.74) is 11.1. The summed E-state index contributed by atoms with van der Waals surface area (Å²) in [6.07, 6.45) is 28.2. The van der Waals surface area contributed by atoms with Gasteiger partial charge in [0.2, 0.25) is 0 Å². The van der Waals surface area contributed by atoms with E-state index < -0.39 is 0 Å². The van der Waals surface area contributed by atoms with Gasteiger partial charge < -0.3 is 0 Å². The maximum absolute atomic E-state index is 2.99. The number of hydrogen-bond donors (Lipinski definition) is 0. The molecule has 0 N–H and O–H groups in total. The number of benzene rings is 2. The van der Waals surface area contributed by atoms with Gasteiger partial charge in [-0.1, -0.05) is 109 Å². The van der Waals surface area contributed by atoms with Crippen molar-refractivity contribution in [1.29, 1.82) is 0 Å². The third-order valence-corrected chi connectivity index (χ3v) is 10.3. The van der Waals surface area contributed by atoms with Gasteiger partial charge in [-0.3, -0.25) is 4.90 Å². The van der Waals surface area contributed by atoms with Crippen LogP contribution in [0.3, 0.4) is 0 Å². The first-order valence-electron chi connectivity index (χ1n) is 14.9. The lowest BCUT2D eigenvalue weighted by molar-refractivity contribution is 0.138. The molecule has 8 rings (SSSR count). The second kappa shape index (κ2) is 9.24. The quantitative estimate of drug-likeness (QED) is 0.414. The number of hydrogen-bond acceptors (Lipinski definition) is 1. The van der Waals surface area contributed by atoms with Gasteiger partial charge in [-0.2, -0.15) is 0 Å². The SMILES string of the molecule is C1=CC2C3C4=C(CCC3N(C3C=C(c5ccccc5)C[C@@H](C5=CCCC=C5)C3)C2C=C1)c1ccccc1C4. The molecule has 0 aromatic heterocycles. The van der Waals surface area contributed by atoms with E-state index in [9.17, 15) is 0 Å². The van der Waals surface area contributed by atoms with Crippen LogP contribution >= 0.6 is 0 Å². The summed E-state index contributed by atoms with van der Waals surface area (Å²) in [5.74, 6) is 1.83. The third-order valence-electron chi connectivity index (χ3n) is 10.3. The standard InChI is InChI=1S/C37H37N/c1-3-11-25(12-4-1)28-21-29(26-13-5-2-6-14-26)23-30(22-28)38-35-18-10-9-17-33(35)37-34-24-27-15-7-8-16-31(27)32(34)19-20-36(37)38/h1,3-5,7-18,22,29-30,33,35-37H,2,6,19-21,23-24H2/t29-,30?,33?,35?,36?,37?/m1/s1. The summed E-state index contributed by atoms with van der Waals surface area (Å²) in [6.45, 7) is 0. The molecule has 190 valence electrons. The molecular weight excluding hydrogens is 458 g/mol. The molecule has 38 heavy (non-hydrogen) atoms. The lowest BCUT2D eigenvalue weighted by atomic mass is 9.73. The Morgan fingerprint density at radius 1 is 0.868 bits per heavy atom. The normalized spacial score (nSPS) is 33.4. The Morgan fingerprint density at radius 3 is 2.63 bits per heavy atom. The van der Waals surface area contributed by atoms with Gasteiger partial charge in [-0.05, 0) is 84.3 Å². The van der Waals surface area contributed by atoms with Crippen LogP contribution in [0.5, 0.6) is 0 Å². The topological polar surface area (TPSA) is 3.24 Å². The fourth-order valence-electron chi connectivity index (χ4n) is 8.80. The summed E-state index contributed by atoms with van der Waals surface area (Å²) < 4.78 is 0. The monoisotopic (exact) mass is 495 g/mol. The highest BCUT2D eigenvalue weighted by molar-refractivity contribution is 5.78. The zero-order valence-corrected chi connectivity index (χ0v) is 22.2. The van der Waals surface area contributed by atoms with Crippen molar-refractivity contribution < 1.29 is 0 Å². The van der Waals surface area contributed by atoms with Crippen LogP contribution in [0.2, 0.25) is 0 Å². The van der Waals surface area contributed by atoms with Crippen molar-refractivity contribution in [2.24, 2.45) is 17.8 Å². The highest BCUT2D eigenvalue weighted by atomic mass is 15.3. The zero-order valence-electron chi connectivity index (χ0n) is 22.2. The predicted octanol–water partition coefficient (Wildman–Crippen LogP) is 8.34. The van der Waals surface area contributed by atoms with Gasteiger partial charge in [0.15, 0.2) is 0 Å². The van der Waals surface area contributed by atoms with Gasteiger partial charge in [-0.25, -0.2) is 0 Å². The maximum atomic E-state index is 2.99. The molecule has 6 aliphatic rings. The van der Waals surface area contributed by atoms with Gasteiger partial charge in [0, 0.05) is 30.0 Å². The molecule has 5 unspecified atom stereocenters. The van der Waals surface area contributed by atoms with E-state index in [-0.39, 0.29) is 0 Å². The van der Waals surface area contributed by atoms with E-state index in [1.165, 1.54) is 37.7 Å². The van der Waals surface area contributed by atoms with E-state index in [0.29, 0.717) is 35.9 Å². The predicted molar refractivity (Wildman–Crippen MR) is 158 cm³/mol. The maximum Gasteiger partial charge on any atom is 0.0359 e. The fraction of sp³-hybridized carbons (Fsp3) is 0.351. The average Bonchev–Trinajstić information content (AvgIpc) is 3.53.